The molecular weight excluding hydrogens is 408 g/mol. The highest BCUT2D eigenvalue weighted by Crippen LogP contribution is 2.28. The molecule has 2 aliphatic rings. The average Bonchev–Trinajstić information content (AvgIpc) is 3.24. The summed E-state index contributed by atoms with van der Waals surface area (Å²) in [6, 6.07) is 13.2. The van der Waals surface area contributed by atoms with Gasteiger partial charge in [0, 0.05) is 12.0 Å². The highest BCUT2D eigenvalue weighted by Gasteiger charge is 2.49. The predicted molar refractivity (Wildman–Crippen MR) is 123 cm³/mol. The molecule has 5 nitrogen and oxygen atoms in total. The lowest BCUT2D eigenvalue weighted by Gasteiger charge is -2.24. The third-order valence-corrected chi connectivity index (χ3v) is 6.90. The zero-order valence-corrected chi connectivity index (χ0v) is 18.7. The monoisotopic (exact) mass is 433 g/mol. The normalized spacial score (nSPS) is 18.0. The summed E-state index contributed by atoms with van der Waals surface area (Å²) in [5, 5.41) is 1.35. The van der Waals surface area contributed by atoms with Crippen LogP contribution in [0.4, 0.5) is 4.79 Å². The molecule has 4 rings (SSSR count). The number of Topliss-reactive ketones (excluding diaryl/α,β-unsaturated/α-hetero) is 1. The third kappa shape index (κ3) is 4.12. The van der Waals surface area contributed by atoms with Crippen molar-refractivity contribution in [2.45, 2.75) is 32.4 Å². The van der Waals surface area contributed by atoms with E-state index >= 15 is 0 Å². The maximum atomic E-state index is 13.3. The summed E-state index contributed by atoms with van der Waals surface area (Å²) in [7, 11) is 0. The molecule has 2 aromatic rings. The number of fused-ring (bicyclic) bond motifs is 1. The molecule has 2 aliphatic heterocycles. The van der Waals surface area contributed by atoms with Crippen LogP contribution in [0.15, 0.2) is 53.9 Å². The van der Waals surface area contributed by atoms with Crippen LogP contribution in [0.1, 0.15) is 32.6 Å². The van der Waals surface area contributed by atoms with E-state index in [9.17, 15) is 14.4 Å². The van der Waals surface area contributed by atoms with E-state index in [4.69, 9.17) is 0 Å². The van der Waals surface area contributed by atoms with Crippen LogP contribution in [0, 0.1) is 20.8 Å². The maximum absolute atomic E-state index is 13.3. The molecule has 1 unspecified atom stereocenters. The Balaban J connectivity index is 1.61. The van der Waals surface area contributed by atoms with Crippen LogP contribution < -0.4 is 0 Å². The van der Waals surface area contributed by atoms with Crippen molar-refractivity contribution >= 4 is 35.2 Å². The maximum Gasteiger partial charge on any atom is 0.501 e. The van der Waals surface area contributed by atoms with Crippen molar-refractivity contribution in [3.8, 4) is 0 Å². The van der Waals surface area contributed by atoms with E-state index in [2.05, 4.69) is 0 Å². The molecule has 0 aliphatic carbocycles. The van der Waals surface area contributed by atoms with Gasteiger partial charge in [0.25, 0.3) is 0 Å². The lowest BCUT2D eigenvalue weighted by molar-refractivity contribution is -0.423. The fourth-order valence-electron chi connectivity index (χ4n) is 3.99. The van der Waals surface area contributed by atoms with Gasteiger partial charge in [-0.1, -0.05) is 36.4 Å². The first-order valence-electron chi connectivity index (χ1n) is 10.3. The number of amides is 3. The molecule has 2 aromatic carbocycles. The number of ketones is 1. The first-order valence-corrected chi connectivity index (χ1v) is 11.3. The number of rotatable bonds is 6. The van der Waals surface area contributed by atoms with Gasteiger partial charge in [0.05, 0.1) is 0 Å². The fraction of sp³-hybridized carbons (Fsp3) is 0.280. The van der Waals surface area contributed by atoms with Gasteiger partial charge in [0.2, 0.25) is 5.78 Å². The number of benzene rings is 2. The third-order valence-electron chi connectivity index (χ3n) is 5.90. The van der Waals surface area contributed by atoms with E-state index in [1.165, 1.54) is 21.2 Å². The fourth-order valence-corrected chi connectivity index (χ4v) is 4.96. The van der Waals surface area contributed by atoms with Crippen molar-refractivity contribution in [2.24, 2.45) is 0 Å². The molecular formula is C25H25N2O3S+. The Bertz CT molecular complexity index is 1130. The molecule has 0 aromatic heterocycles. The largest absolute Gasteiger partial charge is 0.501 e. The summed E-state index contributed by atoms with van der Waals surface area (Å²) in [6.45, 7) is 6.12. The molecule has 0 saturated heterocycles. The van der Waals surface area contributed by atoms with E-state index < -0.39 is 11.3 Å². The minimum absolute atomic E-state index is 0.0754. The van der Waals surface area contributed by atoms with Gasteiger partial charge < -0.3 is 0 Å². The number of urea groups is 1. The van der Waals surface area contributed by atoms with Gasteiger partial charge in [0.1, 0.15) is 12.3 Å². The Kier molecular flexibility index (Phi) is 5.92. The molecule has 0 saturated carbocycles. The molecule has 0 spiro atoms. The Morgan fingerprint density at radius 3 is 2.48 bits per heavy atom. The number of imide groups is 1. The molecule has 0 N–H and O–H groups in total. The highest BCUT2D eigenvalue weighted by atomic mass is 32.2. The standard InChI is InChI=1S/C25H25N2O3S/c1-16-13-18(3)20(14-17(16)2)22(28)15-27-21-10-12-31-23(21)24(29)26(25(27)30)11-9-19-7-5-4-6-8-19/h4-8,10,12-14,23H,9,11,15H2,1-3H3/q+1. The topological polar surface area (TPSA) is 57.5 Å². The van der Waals surface area contributed by atoms with Gasteiger partial charge in [-0.15, -0.1) is 11.8 Å². The second-order valence-corrected chi connectivity index (χ2v) is 9.03. The van der Waals surface area contributed by atoms with Gasteiger partial charge in [-0.2, -0.15) is 14.3 Å². The van der Waals surface area contributed by atoms with Crippen LogP contribution in [-0.2, 0) is 11.2 Å². The summed E-state index contributed by atoms with van der Waals surface area (Å²) < 4.78 is 1.48. The van der Waals surface area contributed by atoms with E-state index in [1.807, 2.05) is 68.6 Å². The Morgan fingerprint density at radius 1 is 1.03 bits per heavy atom. The lowest BCUT2D eigenvalue weighted by atomic mass is 9.98. The number of aryl methyl sites for hydroxylation is 3. The molecule has 3 amide bonds. The molecule has 0 fully saturated rings. The van der Waals surface area contributed by atoms with Gasteiger partial charge in [-0.25, -0.2) is 4.79 Å². The molecule has 31 heavy (non-hydrogen) atoms. The van der Waals surface area contributed by atoms with Crippen LogP contribution in [0.3, 0.4) is 0 Å². The predicted octanol–water partition coefficient (Wildman–Crippen LogP) is 4.08. The van der Waals surface area contributed by atoms with Crippen molar-refractivity contribution < 1.29 is 19.0 Å². The molecule has 158 valence electrons. The van der Waals surface area contributed by atoms with Crippen molar-refractivity contribution in [3.05, 3.63) is 81.8 Å². The van der Waals surface area contributed by atoms with Crippen LogP contribution in [0.5, 0.6) is 0 Å². The molecule has 0 radical (unpaired) electrons. The van der Waals surface area contributed by atoms with Crippen molar-refractivity contribution in [1.82, 2.24) is 4.90 Å². The minimum atomic E-state index is -0.470. The number of carbonyl (C=O) groups excluding carboxylic acids is 3. The number of thioether (sulfide) groups is 1. The van der Waals surface area contributed by atoms with Crippen molar-refractivity contribution in [1.29, 1.82) is 0 Å². The molecule has 1 atom stereocenters. The van der Waals surface area contributed by atoms with Crippen LogP contribution in [-0.4, -0.2) is 51.2 Å². The number of allylic oxidation sites excluding steroid dienone is 1. The van der Waals surface area contributed by atoms with E-state index in [0.717, 1.165) is 22.3 Å². The number of hydrogen-bond acceptors (Lipinski definition) is 4. The zero-order chi connectivity index (χ0) is 22.1. The molecule has 0 bridgehead atoms. The molecule has 2 heterocycles. The Labute approximate surface area is 186 Å². The van der Waals surface area contributed by atoms with Crippen LogP contribution >= 0.6 is 11.8 Å². The number of nitrogens with zero attached hydrogens (tertiary/aromatic N) is 2. The van der Waals surface area contributed by atoms with Crippen molar-refractivity contribution in [2.75, 3.05) is 13.1 Å². The van der Waals surface area contributed by atoms with E-state index in [1.54, 1.807) is 6.08 Å². The molecule has 6 heteroatoms. The van der Waals surface area contributed by atoms with Gasteiger partial charge in [-0.3, -0.25) is 4.79 Å². The summed E-state index contributed by atoms with van der Waals surface area (Å²) in [6.07, 6.45) is 2.36. The highest BCUT2D eigenvalue weighted by molar-refractivity contribution is 8.04. The van der Waals surface area contributed by atoms with Crippen molar-refractivity contribution in [3.63, 3.8) is 0 Å². The summed E-state index contributed by atoms with van der Waals surface area (Å²) in [5.74, 6) is -0.333. The quantitative estimate of drug-likeness (QED) is 0.509. The minimum Gasteiger partial charge on any atom is -0.290 e. The first-order chi connectivity index (χ1) is 14.9. The number of carbonyl (C=O) groups is 3. The second kappa shape index (κ2) is 8.63. The van der Waals surface area contributed by atoms with E-state index in [0.29, 0.717) is 24.2 Å². The van der Waals surface area contributed by atoms with Gasteiger partial charge in [-0.05, 0) is 60.6 Å². The smallest absolute Gasteiger partial charge is 0.290 e. The zero-order valence-electron chi connectivity index (χ0n) is 17.9. The van der Waals surface area contributed by atoms with Crippen LogP contribution in [0.2, 0.25) is 0 Å². The Hall–Kier alpha value is -2.99. The summed E-state index contributed by atoms with van der Waals surface area (Å²) in [5.41, 5.74) is 5.35. The van der Waals surface area contributed by atoms with Gasteiger partial charge in [0.15, 0.2) is 11.8 Å². The Morgan fingerprint density at radius 2 is 1.74 bits per heavy atom. The second-order valence-electron chi connectivity index (χ2n) is 8.01. The van der Waals surface area contributed by atoms with Gasteiger partial charge >= 0.3 is 11.9 Å². The first kappa shape index (κ1) is 21.2. The lowest BCUT2D eigenvalue weighted by Crippen LogP contribution is -2.56. The summed E-state index contributed by atoms with van der Waals surface area (Å²) >= 11 is 1.38. The summed E-state index contributed by atoms with van der Waals surface area (Å²) in [4.78, 5) is 40.7. The van der Waals surface area contributed by atoms with E-state index in [-0.39, 0.29) is 18.2 Å². The SMILES string of the molecule is Cc1cc(C)c(C(=O)C[N+]2=C3C=CSC3C(=O)N(CCc3ccccc3)C2=O)cc1C. The average molecular weight is 434 g/mol. The number of hydrogen-bond donors (Lipinski definition) is 0. The van der Waals surface area contributed by atoms with Crippen LogP contribution in [0.25, 0.3) is 0 Å².